The van der Waals surface area contributed by atoms with E-state index in [4.69, 9.17) is 23.2 Å². The Morgan fingerprint density at radius 1 is 1.33 bits per heavy atom. The third-order valence-corrected chi connectivity index (χ3v) is 2.82. The summed E-state index contributed by atoms with van der Waals surface area (Å²) in [7, 11) is 1.74. The van der Waals surface area contributed by atoms with Gasteiger partial charge in [0.1, 0.15) is 0 Å². The van der Waals surface area contributed by atoms with Crippen LogP contribution in [0.4, 0.5) is 0 Å². The Balaban J connectivity index is 2.82. The molecule has 0 fully saturated rings. The zero-order chi connectivity index (χ0) is 11.0. The van der Waals surface area contributed by atoms with E-state index in [0.29, 0.717) is 17.4 Å². The number of hydrogen-bond acceptors (Lipinski definition) is 1. The first-order chi connectivity index (χ1) is 7.15. The Kier molecular flexibility index (Phi) is 2.76. The Bertz CT molecular complexity index is 556. The van der Waals surface area contributed by atoms with Crippen LogP contribution in [0, 0.1) is 0 Å². The van der Waals surface area contributed by atoms with Crippen molar-refractivity contribution in [3.8, 4) is 0 Å². The van der Waals surface area contributed by atoms with Crippen molar-refractivity contribution in [2.75, 3.05) is 5.88 Å². The van der Waals surface area contributed by atoms with Gasteiger partial charge in [0.25, 0.3) is 0 Å². The molecule has 0 saturated heterocycles. The first kappa shape index (κ1) is 10.6. The van der Waals surface area contributed by atoms with Crippen LogP contribution in [-0.2, 0) is 13.6 Å². The minimum atomic E-state index is -0.0621. The van der Waals surface area contributed by atoms with E-state index in [1.807, 2.05) is 6.07 Å². The molecule has 0 aliphatic carbocycles. The molecule has 2 aromatic rings. The number of fused-ring (bicyclic) bond motifs is 1. The third kappa shape index (κ3) is 1.66. The van der Waals surface area contributed by atoms with Gasteiger partial charge in [-0.3, -0.25) is 9.13 Å². The molecule has 5 heteroatoms. The summed E-state index contributed by atoms with van der Waals surface area (Å²) >= 11 is 11.6. The maximum atomic E-state index is 11.8. The van der Waals surface area contributed by atoms with E-state index < -0.39 is 0 Å². The SMILES string of the molecule is Cn1c(=O)n(CCCl)c2cc(Cl)ccc21. The zero-order valence-electron chi connectivity index (χ0n) is 8.20. The fourth-order valence-corrected chi connectivity index (χ4v) is 2.02. The molecule has 2 rings (SSSR count). The molecule has 0 aliphatic rings. The lowest BCUT2D eigenvalue weighted by Crippen LogP contribution is -2.22. The highest BCUT2D eigenvalue weighted by Crippen LogP contribution is 2.18. The summed E-state index contributed by atoms with van der Waals surface area (Å²) in [5.74, 6) is 0.408. The topological polar surface area (TPSA) is 26.9 Å². The van der Waals surface area contributed by atoms with E-state index in [1.54, 1.807) is 28.3 Å². The molecule has 0 spiro atoms. The van der Waals surface area contributed by atoms with E-state index in [-0.39, 0.29) is 5.69 Å². The van der Waals surface area contributed by atoms with Crippen molar-refractivity contribution >= 4 is 34.2 Å². The second kappa shape index (κ2) is 3.91. The molecule has 0 atom stereocenters. The minimum Gasteiger partial charge on any atom is -0.295 e. The Morgan fingerprint density at radius 3 is 2.73 bits per heavy atom. The maximum absolute atomic E-state index is 11.8. The lowest BCUT2D eigenvalue weighted by atomic mass is 10.3. The summed E-state index contributed by atoms with van der Waals surface area (Å²) in [6.07, 6.45) is 0. The van der Waals surface area contributed by atoms with E-state index in [0.717, 1.165) is 11.0 Å². The predicted octanol–water partition coefficient (Wildman–Crippen LogP) is 2.23. The molecule has 0 radical (unpaired) electrons. The van der Waals surface area contributed by atoms with Crippen LogP contribution in [0.25, 0.3) is 11.0 Å². The van der Waals surface area contributed by atoms with Crippen LogP contribution in [0.3, 0.4) is 0 Å². The van der Waals surface area contributed by atoms with Crippen LogP contribution in [0.15, 0.2) is 23.0 Å². The molecule has 1 aromatic carbocycles. The van der Waals surface area contributed by atoms with Crippen LogP contribution in [0.1, 0.15) is 0 Å². The standard InChI is InChI=1S/C10H10Cl2N2O/c1-13-8-3-2-7(12)6-9(8)14(5-4-11)10(13)15/h2-3,6H,4-5H2,1H3. The van der Waals surface area contributed by atoms with Crippen LogP contribution < -0.4 is 5.69 Å². The first-order valence-corrected chi connectivity index (χ1v) is 5.47. The second-order valence-electron chi connectivity index (χ2n) is 3.32. The Morgan fingerprint density at radius 2 is 2.07 bits per heavy atom. The third-order valence-electron chi connectivity index (χ3n) is 2.42. The molecular formula is C10H10Cl2N2O. The number of aryl methyl sites for hydroxylation is 2. The molecule has 0 bridgehead atoms. The molecule has 1 aromatic heterocycles. The highest BCUT2D eigenvalue weighted by molar-refractivity contribution is 6.31. The van der Waals surface area contributed by atoms with Gasteiger partial charge < -0.3 is 0 Å². The van der Waals surface area contributed by atoms with Gasteiger partial charge >= 0.3 is 5.69 Å². The highest BCUT2D eigenvalue weighted by Gasteiger charge is 2.09. The zero-order valence-corrected chi connectivity index (χ0v) is 9.72. The van der Waals surface area contributed by atoms with Gasteiger partial charge in [-0.25, -0.2) is 4.79 Å². The molecule has 0 amide bonds. The maximum Gasteiger partial charge on any atom is 0.328 e. The van der Waals surface area contributed by atoms with Gasteiger partial charge in [-0.15, -0.1) is 11.6 Å². The van der Waals surface area contributed by atoms with Gasteiger partial charge in [0, 0.05) is 24.5 Å². The van der Waals surface area contributed by atoms with E-state index in [1.165, 1.54) is 0 Å². The van der Waals surface area contributed by atoms with Crippen molar-refractivity contribution in [1.29, 1.82) is 0 Å². The largest absolute Gasteiger partial charge is 0.328 e. The molecule has 0 unspecified atom stereocenters. The number of imidazole rings is 1. The summed E-state index contributed by atoms with van der Waals surface area (Å²) in [6, 6.07) is 5.39. The number of benzene rings is 1. The molecule has 0 N–H and O–H groups in total. The fourth-order valence-electron chi connectivity index (χ4n) is 1.68. The lowest BCUT2D eigenvalue weighted by molar-refractivity contribution is 0.716. The fraction of sp³-hybridized carbons (Fsp3) is 0.300. The van der Waals surface area contributed by atoms with Crippen molar-refractivity contribution in [3.63, 3.8) is 0 Å². The number of rotatable bonds is 2. The molecule has 15 heavy (non-hydrogen) atoms. The van der Waals surface area contributed by atoms with E-state index in [9.17, 15) is 4.79 Å². The van der Waals surface area contributed by atoms with Crippen molar-refractivity contribution < 1.29 is 0 Å². The molecule has 1 heterocycles. The number of nitrogens with zero attached hydrogens (tertiary/aromatic N) is 2. The van der Waals surface area contributed by atoms with Crippen molar-refractivity contribution in [1.82, 2.24) is 9.13 Å². The van der Waals surface area contributed by atoms with Crippen molar-refractivity contribution in [3.05, 3.63) is 33.7 Å². The number of halogens is 2. The van der Waals surface area contributed by atoms with E-state index >= 15 is 0 Å². The highest BCUT2D eigenvalue weighted by atomic mass is 35.5. The van der Waals surface area contributed by atoms with Crippen molar-refractivity contribution in [2.24, 2.45) is 7.05 Å². The smallest absolute Gasteiger partial charge is 0.295 e. The van der Waals surface area contributed by atoms with Gasteiger partial charge in [0.15, 0.2) is 0 Å². The normalized spacial score (nSPS) is 11.1. The quantitative estimate of drug-likeness (QED) is 0.745. The van der Waals surface area contributed by atoms with E-state index in [2.05, 4.69) is 0 Å². The summed E-state index contributed by atoms with van der Waals surface area (Å²) in [6.45, 7) is 0.498. The molecule has 3 nitrogen and oxygen atoms in total. The molecule has 0 aliphatic heterocycles. The summed E-state index contributed by atoms with van der Waals surface area (Å²) in [5.41, 5.74) is 1.64. The van der Waals surface area contributed by atoms with Gasteiger partial charge in [-0.05, 0) is 18.2 Å². The van der Waals surface area contributed by atoms with Gasteiger partial charge in [-0.2, -0.15) is 0 Å². The minimum absolute atomic E-state index is 0.0621. The van der Waals surface area contributed by atoms with Crippen LogP contribution in [0.2, 0.25) is 5.02 Å². The van der Waals surface area contributed by atoms with Gasteiger partial charge in [-0.1, -0.05) is 11.6 Å². The summed E-state index contributed by atoms with van der Waals surface area (Å²) in [4.78, 5) is 11.8. The number of hydrogen-bond donors (Lipinski definition) is 0. The average molecular weight is 245 g/mol. The summed E-state index contributed by atoms with van der Waals surface area (Å²) < 4.78 is 3.23. The Labute approximate surface area is 96.8 Å². The monoisotopic (exact) mass is 244 g/mol. The average Bonchev–Trinajstić information content (AvgIpc) is 2.44. The Hall–Kier alpha value is -0.930. The molecular weight excluding hydrogens is 235 g/mol. The van der Waals surface area contributed by atoms with Gasteiger partial charge in [0.2, 0.25) is 0 Å². The summed E-state index contributed by atoms with van der Waals surface area (Å²) in [5, 5.41) is 0.622. The number of aromatic nitrogens is 2. The molecule has 80 valence electrons. The lowest BCUT2D eigenvalue weighted by Gasteiger charge is -1.98. The van der Waals surface area contributed by atoms with Crippen LogP contribution in [-0.4, -0.2) is 15.0 Å². The first-order valence-electron chi connectivity index (χ1n) is 4.56. The van der Waals surface area contributed by atoms with Gasteiger partial charge in [0.05, 0.1) is 11.0 Å². The predicted molar refractivity (Wildman–Crippen MR) is 62.9 cm³/mol. The molecule has 0 saturated carbocycles. The van der Waals surface area contributed by atoms with Crippen LogP contribution >= 0.6 is 23.2 Å². The number of alkyl halides is 1. The second-order valence-corrected chi connectivity index (χ2v) is 4.13. The van der Waals surface area contributed by atoms with Crippen molar-refractivity contribution in [2.45, 2.75) is 6.54 Å². The van der Waals surface area contributed by atoms with Crippen LogP contribution in [0.5, 0.6) is 0 Å².